The van der Waals surface area contributed by atoms with Gasteiger partial charge in [0.15, 0.2) is 0 Å². The van der Waals surface area contributed by atoms with Gasteiger partial charge in [0.25, 0.3) is 11.6 Å². The summed E-state index contributed by atoms with van der Waals surface area (Å²) >= 11 is 1.81. The van der Waals surface area contributed by atoms with E-state index in [2.05, 4.69) is 26.6 Å². The van der Waals surface area contributed by atoms with Crippen molar-refractivity contribution in [1.82, 2.24) is 21.3 Å². The molecule has 0 radical (unpaired) electrons. The van der Waals surface area contributed by atoms with Crippen molar-refractivity contribution < 1.29 is 43.9 Å². The quantitative estimate of drug-likeness (QED) is 0.0882. The summed E-state index contributed by atoms with van der Waals surface area (Å²) in [7, 11) is 0. The van der Waals surface area contributed by atoms with Gasteiger partial charge >= 0.3 is 5.97 Å². The Morgan fingerprint density at radius 1 is 1.17 bits per heavy atom. The fourth-order valence-electron chi connectivity index (χ4n) is 4.00. The van der Waals surface area contributed by atoms with E-state index in [4.69, 9.17) is 10.8 Å². The van der Waals surface area contributed by atoms with Crippen LogP contribution in [-0.2, 0) is 24.0 Å². The SMILES string of the molecule is CC(C)[C@@H]1NC(=O)c2cc([N+](=O)[O-])cc(I)c2NCCC[C@@H](C(=O)NC(CC(=O)O)C(N)=O)NC(=O)[C@H](CO)NC1=O. The van der Waals surface area contributed by atoms with E-state index < -0.39 is 83.5 Å². The number of aliphatic hydroxyl groups is 1. The maximum absolute atomic E-state index is 13.3. The van der Waals surface area contributed by atoms with Crippen LogP contribution in [0.4, 0.5) is 11.4 Å². The molecule has 0 saturated heterocycles. The minimum atomic E-state index is -1.58. The monoisotopic (exact) mass is 705 g/mol. The second kappa shape index (κ2) is 15.2. The molecule has 1 aromatic carbocycles. The molecule has 17 nitrogen and oxygen atoms in total. The van der Waals surface area contributed by atoms with Crippen LogP contribution in [0, 0.1) is 19.6 Å². The first-order valence-electron chi connectivity index (χ1n) is 12.7. The first kappa shape index (κ1) is 34.1. The number of anilines is 1. The number of aliphatic carboxylic acids is 1. The van der Waals surface area contributed by atoms with E-state index in [0.29, 0.717) is 3.57 Å². The van der Waals surface area contributed by atoms with Crippen molar-refractivity contribution in [3.63, 3.8) is 0 Å². The second-order valence-electron chi connectivity index (χ2n) is 9.74. The number of primary amides is 1. The molecule has 230 valence electrons. The number of halogens is 1. The third-order valence-electron chi connectivity index (χ3n) is 6.22. The van der Waals surface area contributed by atoms with Gasteiger partial charge < -0.3 is 42.5 Å². The molecule has 0 spiro atoms. The number of hydrogen-bond donors (Lipinski definition) is 8. The zero-order valence-corrected chi connectivity index (χ0v) is 24.8. The number of benzene rings is 1. The number of carbonyl (C=O) groups excluding carboxylic acids is 5. The lowest BCUT2D eigenvalue weighted by Crippen LogP contribution is -2.59. The lowest BCUT2D eigenvalue weighted by Gasteiger charge is -2.26. The first-order chi connectivity index (χ1) is 19.7. The Morgan fingerprint density at radius 3 is 2.38 bits per heavy atom. The molecule has 1 aromatic rings. The molecule has 1 aliphatic rings. The fourth-order valence-corrected chi connectivity index (χ4v) is 4.80. The number of fused-ring (bicyclic) bond motifs is 1. The van der Waals surface area contributed by atoms with Gasteiger partial charge in [-0.3, -0.25) is 38.9 Å². The predicted octanol–water partition coefficient (Wildman–Crippen LogP) is -1.43. The number of nitrogens with zero attached hydrogens (tertiary/aromatic N) is 1. The van der Waals surface area contributed by atoms with Gasteiger partial charge in [-0.1, -0.05) is 13.8 Å². The average Bonchev–Trinajstić information content (AvgIpc) is 2.90. The number of hydrogen-bond acceptors (Lipinski definition) is 10. The van der Waals surface area contributed by atoms with Crippen molar-refractivity contribution in [2.24, 2.45) is 11.7 Å². The highest BCUT2D eigenvalue weighted by atomic mass is 127. The molecular weight excluding hydrogens is 673 g/mol. The maximum atomic E-state index is 13.3. The minimum Gasteiger partial charge on any atom is -0.481 e. The number of aliphatic hydroxyl groups excluding tert-OH is 1. The number of nitro benzene ring substituents is 1. The molecule has 0 aliphatic carbocycles. The van der Waals surface area contributed by atoms with E-state index in [9.17, 15) is 44.0 Å². The van der Waals surface area contributed by atoms with E-state index >= 15 is 0 Å². The Kier molecular flexibility index (Phi) is 12.4. The summed E-state index contributed by atoms with van der Waals surface area (Å²) in [6, 6.07) is -3.44. The van der Waals surface area contributed by atoms with E-state index in [1.807, 2.05) is 22.6 Å². The Labute approximate surface area is 253 Å². The van der Waals surface area contributed by atoms with Crippen LogP contribution in [0.5, 0.6) is 0 Å². The number of nitrogens with two attached hydrogens (primary N) is 1. The zero-order valence-electron chi connectivity index (χ0n) is 22.6. The molecule has 5 amide bonds. The van der Waals surface area contributed by atoms with Crippen molar-refractivity contribution in [2.75, 3.05) is 18.5 Å². The number of amides is 5. The number of nitrogens with one attached hydrogen (secondary N) is 5. The summed E-state index contributed by atoms with van der Waals surface area (Å²) in [6.45, 7) is 2.42. The Hall–Kier alpha value is -4.07. The van der Waals surface area contributed by atoms with Crippen molar-refractivity contribution in [3.05, 3.63) is 31.4 Å². The van der Waals surface area contributed by atoms with Gasteiger partial charge in [-0.25, -0.2) is 0 Å². The third-order valence-corrected chi connectivity index (χ3v) is 7.08. The molecular formula is C24H32IN7O10. The second-order valence-corrected chi connectivity index (χ2v) is 10.9. The molecule has 9 N–H and O–H groups in total. The summed E-state index contributed by atoms with van der Waals surface area (Å²) < 4.78 is 0.322. The van der Waals surface area contributed by atoms with Gasteiger partial charge in [-0.15, -0.1) is 0 Å². The standard InChI is InChI=1S/C24H32IN7O10/c1-10(2)18-24(40)30-16(9-33)23(39)28-14(22(38)29-15(20(26)36)8-17(34)35)4-3-5-27-19-12(21(37)31-18)6-11(32(41)42)7-13(19)25/h6-7,10,14-16,18,27,33H,3-5,8-9H2,1-2H3,(H2,26,36)(H,28,39)(H,29,38)(H,30,40)(H,31,37)(H,34,35)/t14-,15?,16-,18-/m0/s1. The van der Waals surface area contributed by atoms with Gasteiger partial charge in [-0.2, -0.15) is 0 Å². The topological polar surface area (TPSA) is 272 Å². The highest BCUT2D eigenvalue weighted by Crippen LogP contribution is 2.29. The molecule has 1 unspecified atom stereocenters. The summed E-state index contributed by atoms with van der Waals surface area (Å²) in [5, 5.41) is 42.8. The lowest BCUT2D eigenvalue weighted by molar-refractivity contribution is -0.385. The molecule has 4 atom stereocenters. The van der Waals surface area contributed by atoms with E-state index in [1.54, 1.807) is 13.8 Å². The molecule has 18 heteroatoms. The van der Waals surface area contributed by atoms with Crippen LogP contribution in [0.3, 0.4) is 0 Å². The van der Waals surface area contributed by atoms with Crippen molar-refractivity contribution >= 4 is 69.5 Å². The molecule has 0 bridgehead atoms. The van der Waals surface area contributed by atoms with Crippen LogP contribution in [0.2, 0.25) is 0 Å². The van der Waals surface area contributed by atoms with Gasteiger partial charge in [-0.05, 0) is 41.4 Å². The van der Waals surface area contributed by atoms with Crippen LogP contribution in [0.1, 0.15) is 43.5 Å². The van der Waals surface area contributed by atoms with Crippen LogP contribution >= 0.6 is 22.6 Å². The number of carboxylic acid groups (broad SMARTS) is 1. The van der Waals surface area contributed by atoms with Crippen molar-refractivity contribution in [2.45, 2.75) is 57.3 Å². The Bertz CT molecular complexity index is 1260. The van der Waals surface area contributed by atoms with Crippen molar-refractivity contribution in [3.8, 4) is 0 Å². The third kappa shape index (κ3) is 9.23. The molecule has 42 heavy (non-hydrogen) atoms. The molecule has 0 aromatic heterocycles. The molecule has 0 saturated carbocycles. The lowest BCUT2D eigenvalue weighted by atomic mass is 10.0. The Morgan fingerprint density at radius 2 is 1.83 bits per heavy atom. The number of carbonyl (C=O) groups is 6. The fraction of sp³-hybridized carbons (Fsp3) is 0.500. The number of carboxylic acids is 1. The molecule has 1 aliphatic heterocycles. The van der Waals surface area contributed by atoms with Gasteiger partial charge in [0, 0.05) is 22.2 Å². The van der Waals surface area contributed by atoms with Gasteiger partial charge in [0.2, 0.25) is 23.6 Å². The summed E-state index contributed by atoms with van der Waals surface area (Å²) in [4.78, 5) is 86.0. The highest BCUT2D eigenvalue weighted by Gasteiger charge is 2.33. The van der Waals surface area contributed by atoms with Gasteiger partial charge in [0.05, 0.1) is 29.2 Å². The number of non-ortho nitro benzene ring substituents is 1. The minimum absolute atomic E-state index is 0.0884. The molecule has 1 heterocycles. The number of rotatable bonds is 8. The largest absolute Gasteiger partial charge is 0.481 e. The van der Waals surface area contributed by atoms with Gasteiger partial charge in [0.1, 0.15) is 24.2 Å². The molecule has 0 fully saturated rings. The van der Waals surface area contributed by atoms with E-state index in [0.717, 1.165) is 6.07 Å². The van der Waals surface area contributed by atoms with Crippen LogP contribution in [0.25, 0.3) is 0 Å². The summed E-state index contributed by atoms with van der Waals surface area (Å²) in [5.41, 5.74) is 4.94. The Balaban J connectivity index is 2.51. The van der Waals surface area contributed by atoms with Crippen LogP contribution < -0.4 is 32.3 Å². The normalized spacial score (nSPS) is 20.8. The van der Waals surface area contributed by atoms with Crippen LogP contribution in [-0.4, -0.2) is 88.0 Å². The number of nitro groups is 1. The average molecular weight is 705 g/mol. The predicted molar refractivity (Wildman–Crippen MR) is 154 cm³/mol. The smallest absolute Gasteiger partial charge is 0.305 e. The first-order valence-corrected chi connectivity index (χ1v) is 13.8. The van der Waals surface area contributed by atoms with Crippen LogP contribution in [0.15, 0.2) is 12.1 Å². The van der Waals surface area contributed by atoms with E-state index in [1.165, 1.54) is 6.07 Å². The van der Waals surface area contributed by atoms with Crippen molar-refractivity contribution in [1.29, 1.82) is 0 Å². The van der Waals surface area contributed by atoms with E-state index in [-0.39, 0.29) is 36.3 Å². The summed E-state index contributed by atoms with van der Waals surface area (Å²) in [5.74, 6) is -6.62. The summed E-state index contributed by atoms with van der Waals surface area (Å²) in [6.07, 6.45) is -0.746. The highest BCUT2D eigenvalue weighted by molar-refractivity contribution is 14.1. The molecule has 2 rings (SSSR count). The maximum Gasteiger partial charge on any atom is 0.305 e. The zero-order chi connectivity index (χ0) is 31.7.